The highest BCUT2D eigenvalue weighted by atomic mass is 16.2. The molecule has 1 heterocycles. The largest absolute Gasteiger partial charge is 0.339 e. The lowest BCUT2D eigenvalue weighted by Gasteiger charge is -2.21. The SMILES string of the molecule is CN(C=O)CC(=O)N1CC(C=O)CC1C#N. The molecule has 16 heavy (non-hydrogen) atoms. The highest BCUT2D eigenvalue weighted by molar-refractivity contribution is 5.81. The van der Waals surface area contributed by atoms with Crippen LogP contribution in [0.4, 0.5) is 0 Å². The van der Waals surface area contributed by atoms with Crippen molar-refractivity contribution in [1.29, 1.82) is 5.26 Å². The number of likely N-dealkylation sites (tertiary alicyclic amines) is 1. The molecule has 0 N–H and O–H groups in total. The van der Waals surface area contributed by atoms with Gasteiger partial charge in [0, 0.05) is 19.5 Å². The Morgan fingerprint density at radius 3 is 2.81 bits per heavy atom. The Hall–Kier alpha value is -1.90. The van der Waals surface area contributed by atoms with Crippen molar-refractivity contribution in [3.8, 4) is 6.07 Å². The maximum absolute atomic E-state index is 11.7. The first-order valence-corrected chi connectivity index (χ1v) is 4.92. The van der Waals surface area contributed by atoms with Crippen LogP contribution in [-0.2, 0) is 14.4 Å². The van der Waals surface area contributed by atoms with Crippen molar-refractivity contribution in [2.45, 2.75) is 12.5 Å². The molecule has 0 aromatic carbocycles. The summed E-state index contributed by atoms with van der Waals surface area (Å²) in [6.45, 7) is 0.209. The smallest absolute Gasteiger partial charge is 0.243 e. The third-order valence-electron chi connectivity index (χ3n) is 2.56. The Morgan fingerprint density at radius 1 is 1.62 bits per heavy atom. The van der Waals surface area contributed by atoms with Gasteiger partial charge in [0.05, 0.1) is 12.6 Å². The van der Waals surface area contributed by atoms with Crippen LogP contribution < -0.4 is 0 Å². The molecule has 1 aliphatic rings. The monoisotopic (exact) mass is 223 g/mol. The molecule has 6 nitrogen and oxygen atoms in total. The maximum atomic E-state index is 11.7. The second-order valence-electron chi connectivity index (χ2n) is 3.84. The van der Waals surface area contributed by atoms with Gasteiger partial charge in [-0.05, 0) is 6.42 Å². The molecule has 2 unspecified atom stereocenters. The van der Waals surface area contributed by atoms with Gasteiger partial charge in [0.1, 0.15) is 12.3 Å². The first kappa shape index (κ1) is 12.2. The zero-order chi connectivity index (χ0) is 12.1. The summed E-state index contributed by atoms with van der Waals surface area (Å²) in [7, 11) is 1.49. The minimum atomic E-state index is -0.553. The summed E-state index contributed by atoms with van der Waals surface area (Å²) in [6, 6.07) is 1.44. The lowest BCUT2D eigenvalue weighted by atomic mass is 10.1. The normalized spacial score (nSPS) is 23.6. The quantitative estimate of drug-likeness (QED) is 0.573. The van der Waals surface area contributed by atoms with Crippen LogP contribution in [0.5, 0.6) is 0 Å². The molecule has 6 heteroatoms. The van der Waals surface area contributed by atoms with Gasteiger partial charge < -0.3 is 14.6 Å². The van der Waals surface area contributed by atoms with E-state index in [9.17, 15) is 14.4 Å². The predicted molar refractivity (Wildman–Crippen MR) is 54.0 cm³/mol. The molecule has 0 aromatic rings. The van der Waals surface area contributed by atoms with Gasteiger partial charge >= 0.3 is 0 Å². The van der Waals surface area contributed by atoms with Gasteiger partial charge in [-0.25, -0.2) is 0 Å². The van der Waals surface area contributed by atoms with E-state index in [1.54, 1.807) is 0 Å². The van der Waals surface area contributed by atoms with Crippen molar-refractivity contribution in [3.63, 3.8) is 0 Å². The second-order valence-corrected chi connectivity index (χ2v) is 3.84. The average Bonchev–Trinajstić information content (AvgIpc) is 2.71. The number of hydrogen-bond donors (Lipinski definition) is 0. The summed E-state index contributed by atoms with van der Waals surface area (Å²) in [5.74, 6) is -0.569. The van der Waals surface area contributed by atoms with Crippen LogP contribution in [0.3, 0.4) is 0 Å². The Labute approximate surface area is 93.4 Å². The lowest BCUT2D eigenvalue weighted by molar-refractivity contribution is -0.135. The fourth-order valence-electron chi connectivity index (χ4n) is 1.71. The molecule has 0 aliphatic carbocycles. The average molecular weight is 223 g/mol. The first-order valence-electron chi connectivity index (χ1n) is 4.92. The van der Waals surface area contributed by atoms with Crippen LogP contribution in [-0.4, -0.2) is 54.6 Å². The standard InChI is InChI=1S/C10H13N3O3/c1-12(7-15)5-10(16)13-4-8(6-14)2-9(13)3-11/h6-9H,2,4-5H2,1H3. The van der Waals surface area contributed by atoms with E-state index in [1.807, 2.05) is 6.07 Å². The molecule has 1 saturated heterocycles. The fraction of sp³-hybridized carbons (Fsp3) is 0.600. The molecule has 1 rings (SSSR count). The van der Waals surface area contributed by atoms with Crippen LogP contribution in [0.15, 0.2) is 0 Å². The summed E-state index contributed by atoms with van der Waals surface area (Å²) < 4.78 is 0. The van der Waals surface area contributed by atoms with Crippen LogP contribution >= 0.6 is 0 Å². The minimum absolute atomic E-state index is 0.0622. The molecule has 0 radical (unpaired) electrons. The van der Waals surface area contributed by atoms with Crippen LogP contribution in [0.25, 0.3) is 0 Å². The van der Waals surface area contributed by atoms with E-state index in [4.69, 9.17) is 5.26 Å². The Morgan fingerprint density at radius 2 is 2.31 bits per heavy atom. The summed E-state index contributed by atoms with van der Waals surface area (Å²) in [4.78, 5) is 35.2. The van der Waals surface area contributed by atoms with Crippen LogP contribution in [0.1, 0.15) is 6.42 Å². The number of nitriles is 1. The highest BCUT2D eigenvalue weighted by Gasteiger charge is 2.35. The molecular weight excluding hydrogens is 210 g/mol. The maximum Gasteiger partial charge on any atom is 0.243 e. The van der Waals surface area contributed by atoms with Gasteiger partial charge in [0.25, 0.3) is 0 Å². The van der Waals surface area contributed by atoms with E-state index < -0.39 is 6.04 Å². The zero-order valence-electron chi connectivity index (χ0n) is 9.00. The van der Waals surface area contributed by atoms with Gasteiger partial charge in [-0.3, -0.25) is 9.59 Å². The van der Waals surface area contributed by atoms with Crippen molar-refractivity contribution >= 4 is 18.6 Å². The number of nitrogens with zero attached hydrogens (tertiary/aromatic N) is 3. The second kappa shape index (κ2) is 5.26. The van der Waals surface area contributed by atoms with Gasteiger partial charge in [-0.2, -0.15) is 5.26 Å². The number of aldehydes is 1. The summed E-state index contributed by atoms with van der Waals surface area (Å²) >= 11 is 0. The van der Waals surface area contributed by atoms with Gasteiger partial charge in [0.15, 0.2) is 0 Å². The van der Waals surface area contributed by atoms with Crippen molar-refractivity contribution in [2.75, 3.05) is 20.1 Å². The molecule has 1 aliphatic heterocycles. The summed E-state index contributed by atoms with van der Waals surface area (Å²) in [5, 5.41) is 8.85. The Bertz CT molecular complexity index is 337. The van der Waals surface area contributed by atoms with Crippen LogP contribution in [0, 0.1) is 17.2 Å². The van der Waals surface area contributed by atoms with E-state index in [0.29, 0.717) is 12.8 Å². The third kappa shape index (κ3) is 2.57. The van der Waals surface area contributed by atoms with Crippen molar-refractivity contribution in [2.24, 2.45) is 5.92 Å². The number of rotatable bonds is 4. The summed E-state index contributed by atoms with van der Waals surface area (Å²) in [6.07, 6.45) is 1.70. The number of carbonyl (C=O) groups excluding carboxylic acids is 3. The lowest BCUT2D eigenvalue weighted by Crippen LogP contribution is -2.41. The number of likely N-dealkylation sites (N-methyl/N-ethyl adjacent to an activating group) is 1. The molecule has 86 valence electrons. The Balaban J connectivity index is 2.64. The zero-order valence-corrected chi connectivity index (χ0v) is 9.00. The topological polar surface area (TPSA) is 81.5 Å². The number of amides is 2. The first-order chi connectivity index (χ1) is 7.62. The van der Waals surface area contributed by atoms with E-state index in [1.165, 1.54) is 16.8 Å². The van der Waals surface area contributed by atoms with E-state index in [0.717, 1.165) is 6.29 Å². The molecule has 2 atom stereocenters. The molecule has 0 aromatic heterocycles. The van der Waals surface area contributed by atoms with Crippen molar-refractivity contribution in [3.05, 3.63) is 0 Å². The highest BCUT2D eigenvalue weighted by Crippen LogP contribution is 2.21. The predicted octanol–water partition coefficient (Wildman–Crippen LogP) is -0.986. The number of hydrogen-bond acceptors (Lipinski definition) is 4. The molecule has 1 fully saturated rings. The molecular formula is C10H13N3O3. The number of carbonyl (C=O) groups is 3. The summed E-state index contributed by atoms with van der Waals surface area (Å²) in [5.41, 5.74) is 0. The van der Waals surface area contributed by atoms with Gasteiger partial charge in [-0.1, -0.05) is 0 Å². The third-order valence-corrected chi connectivity index (χ3v) is 2.56. The minimum Gasteiger partial charge on any atom is -0.339 e. The van der Waals surface area contributed by atoms with Crippen LogP contribution in [0.2, 0.25) is 0 Å². The van der Waals surface area contributed by atoms with E-state index in [-0.39, 0.29) is 24.9 Å². The van der Waals surface area contributed by atoms with E-state index in [2.05, 4.69) is 0 Å². The molecule has 0 saturated carbocycles. The molecule has 0 spiro atoms. The Kier molecular flexibility index (Phi) is 4.00. The van der Waals surface area contributed by atoms with Gasteiger partial charge in [-0.15, -0.1) is 0 Å². The van der Waals surface area contributed by atoms with E-state index >= 15 is 0 Å². The van der Waals surface area contributed by atoms with Crippen molar-refractivity contribution in [1.82, 2.24) is 9.80 Å². The van der Waals surface area contributed by atoms with Crippen molar-refractivity contribution < 1.29 is 14.4 Å². The fourth-order valence-corrected chi connectivity index (χ4v) is 1.71. The molecule has 2 amide bonds. The molecule has 0 bridgehead atoms. The van der Waals surface area contributed by atoms with Gasteiger partial charge in [0.2, 0.25) is 12.3 Å².